The summed E-state index contributed by atoms with van der Waals surface area (Å²) in [6, 6.07) is 26.0. The first-order valence-corrected chi connectivity index (χ1v) is 15.3. The van der Waals surface area contributed by atoms with Crippen molar-refractivity contribution in [1.29, 1.82) is 0 Å². The van der Waals surface area contributed by atoms with E-state index in [9.17, 15) is 15.9 Å². The fraction of sp³-hybridized carbons (Fsp3) is 0.257. The van der Waals surface area contributed by atoms with Crippen molar-refractivity contribution in [3.63, 3.8) is 0 Å². The number of amides is 1. The normalized spacial score (nSPS) is 16.3. The number of methoxy groups -OCH3 is 2. The Kier molecular flexibility index (Phi) is 11.2. The van der Waals surface area contributed by atoms with Gasteiger partial charge in [0.15, 0.2) is 11.6 Å². The van der Waals surface area contributed by atoms with Crippen molar-refractivity contribution >= 4 is 23.2 Å². The molecule has 4 aromatic rings. The fourth-order valence-corrected chi connectivity index (χ4v) is 5.51. The Morgan fingerprint density at radius 3 is 2.24 bits per heavy atom. The second-order valence-corrected chi connectivity index (χ2v) is 10.9. The van der Waals surface area contributed by atoms with Crippen LogP contribution in [0.25, 0.3) is 20.9 Å². The molecule has 1 amide bonds. The standard InChI is InChI=1S/C35H34N8O6/c1-46-27-18-23(19-28(20-27)47-2)22-38-34(45)35(21-25-8-3-5-10-30(25)40-42-36)32(29-9-4-6-11-31(29)41-43-37)49-33(39-35)24-12-14-26(15-13-24)48-17-7-16-44/h3-6,8-15,18-20,32,44H,7,16-17,21-22H2,1-2H3,(H,38,45)/t32-,35-/m1/s1. The lowest BCUT2D eigenvalue weighted by Crippen LogP contribution is -2.49. The van der Waals surface area contributed by atoms with Crippen LogP contribution in [0.3, 0.4) is 0 Å². The van der Waals surface area contributed by atoms with E-state index in [0.29, 0.717) is 58.2 Å². The number of azide groups is 2. The number of aliphatic hydroxyl groups is 1. The van der Waals surface area contributed by atoms with Crippen LogP contribution in [0, 0.1) is 0 Å². The number of carbonyl (C=O) groups excluding carboxylic acids is 1. The van der Waals surface area contributed by atoms with Gasteiger partial charge in [0.1, 0.15) is 17.2 Å². The van der Waals surface area contributed by atoms with Gasteiger partial charge in [-0.05, 0) is 58.6 Å². The smallest absolute Gasteiger partial charge is 0.252 e. The zero-order valence-electron chi connectivity index (χ0n) is 26.9. The maximum Gasteiger partial charge on any atom is 0.252 e. The second kappa shape index (κ2) is 16.1. The Morgan fingerprint density at radius 1 is 0.918 bits per heavy atom. The van der Waals surface area contributed by atoms with Crippen LogP contribution >= 0.6 is 0 Å². The van der Waals surface area contributed by atoms with Gasteiger partial charge in [-0.2, -0.15) is 0 Å². The quantitative estimate of drug-likeness (QED) is 0.0586. The highest BCUT2D eigenvalue weighted by Gasteiger charge is 2.54. The third kappa shape index (κ3) is 7.86. The van der Waals surface area contributed by atoms with Gasteiger partial charge >= 0.3 is 0 Å². The lowest BCUT2D eigenvalue weighted by molar-refractivity contribution is -0.129. The van der Waals surface area contributed by atoms with E-state index in [4.69, 9.17) is 29.0 Å². The molecule has 14 heteroatoms. The molecular formula is C35H34N8O6. The van der Waals surface area contributed by atoms with E-state index in [1.165, 1.54) is 0 Å². The third-order valence-electron chi connectivity index (χ3n) is 7.87. The molecule has 250 valence electrons. The van der Waals surface area contributed by atoms with Gasteiger partial charge in [-0.1, -0.05) is 58.8 Å². The molecule has 49 heavy (non-hydrogen) atoms. The summed E-state index contributed by atoms with van der Waals surface area (Å²) in [5, 5.41) is 19.9. The molecule has 1 aliphatic heterocycles. The Morgan fingerprint density at radius 2 is 1.57 bits per heavy atom. The first kappa shape index (κ1) is 34.1. The minimum atomic E-state index is -1.68. The minimum Gasteiger partial charge on any atom is -0.497 e. The summed E-state index contributed by atoms with van der Waals surface area (Å²) in [5.74, 6) is 1.36. The third-order valence-corrected chi connectivity index (χ3v) is 7.87. The van der Waals surface area contributed by atoms with Gasteiger partial charge in [0.25, 0.3) is 5.91 Å². The van der Waals surface area contributed by atoms with Crippen molar-refractivity contribution in [2.45, 2.75) is 31.0 Å². The van der Waals surface area contributed by atoms with Gasteiger partial charge in [0.05, 0.1) is 20.8 Å². The molecule has 0 saturated heterocycles. The predicted molar refractivity (Wildman–Crippen MR) is 182 cm³/mol. The van der Waals surface area contributed by atoms with Gasteiger partial charge in [-0.3, -0.25) is 4.79 Å². The molecule has 0 unspecified atom stereocenters. The van der Waals surface area contributed by atoms with E-state index in [0.717, 1.165) is 0 Å². The number of aliphatic imine (C=N–C) groups is 1. The van der Waals surface area contributed by atoms with Crippen LogP contribution in [-0.2, 0) is 22.5 Å². The fourth-order valence-electron chi connectivity index (χ4n) is 5.51. The Labute approximate surface area is 282 Å². The number of ether oxygens (including phenoxy) is 4. The molecule has 0 aromatic heterocycles. The highest BCUT2D eigenvalue weighted by atomic mass is 16.5. The molecule has 4 aromatic carbocycles. The van der Waals surface area contributed by atoms with E-state index in [-0.39, 0.29) is 31.2 Å². The molecule has 5 rings (SSSR count). The predicted octanol–water partition coefficient (Wildman–Crippen LogP) is 7.16. The maximum absolute atomic E-state index is 14.7. The molecule has 0 radical (unpaired) electrons. The minimum absolute atomic E-state index is 0.0136. The van der Waals surface area contributed by atoms with E-state index in [2.05, 4.69) is 25.4 Å². The number of nitrogens with zero attached hydrogens (tertiary/aromatic N) is 7. The molecule has 0 spiro atoms. The van der Waals surface area contributed by atoms with Crippen molar-refractivity contribution in [3.8, 4) is 17.2 Å². The van der Waals surface area contributed by atoms with Crippen molar-refractivity contribution in [3.05, 3.63) is 134 Å². The molecular weight excluding hydrogens is 628 g/mol. The zero-order valence-corrected chi connectivity index (χ0v) is 26.9. The van der Waals surface area contributed by atoms with Crippen LogP contribution in [0.5, 0.6) is 17.2 Å². The summed E-state index contributed by atoms with van der Waals surface area (Å²) in [4.78, 5) is 25.8. The number of hydrogen-bond donors (Lipinski definition) is 2. The monoisotopic (exact) mass is 662 g/mol. The first-order valence-electron chi connectivity index (χ1n) is 15.3. The molecule has 0 fully saturated rings. The molecule has 1 heterocycles. The van der Waals surface area contributed by atoms with Gasteiger partial charge in [0, 0.05) is 64.4 Å². The van der Waals surface area contributed by atoms with Crippen LogP contribution < -0.4 is 19.5 Å². The number of hydrogen-bond acceptors (Lipinski definition) is 9. The summed E-state index contributed by atoms with van der Waals surface area (Å²) in [6.07, 6.45) is -0.638. The Balaban J connectivity index is 1.64. The van der Waals surface area contributed by atoms with Crippen LogP contribution in [0.15, 0.2) is 106 Å². The average Bonchev–Trinajstić information content (AvgIpc) is 3.52. The molecule has 1 aliphatic rings. The van der Waals surface area contributed by atoms with Crippen LogP contribution in [0.4, 0.5) is 11.4 Å². The van der Waals surface area contributed by atoms with Crippen LogP contribution in [0.1, 0.15) is 34.8 Å². The largest absolute Gasteiger partial charge is 0.497 e. The second-order valence-electron chi connectivity index (χ2n) is 10.9. The lowest BCUT2D eigenvalue weighted by Gasteiger charge is -2.32. The lowest BCUT2D eigenvalue weighted by atomic mass is 9.81. The van der Waals surface area contributed by atoms with Gasteiger partial charge < -0.3 is 29.4 Å². The average molecular weight is 663 g/mol. The van der Waals surface area contributed by atoms with Crippen molar-refractivity contribution in [2.24, 2.45) is 15.2 Å². The summed E-state index contributed by atoms with van der Waals surface area (Å²) < 4.78 is 23.1. The van der Waals surface area contributed by atoms with Crippen molar-refractivity contribution in [1.82, 2.24) is 5.32 Å². The van der Waals surface area contributed by atoms with Crippen molar-refractivity contribution in [2.75, 3.05) is 27.4 Å². The van der Waals surface area contributed by atoms with Crippen LogP contribution in [-0.4, -0.2) is 49.9 Å². The highest BCUT2D eigenvalue weighted by molar-refractivity contribution is 6.01. The van der Waals surface area contributed by atoms with E-state index >= 15 is 0 Å². The molecule has 2 N–H and O–H groups in total. The number of rotatable bonds is 15. The summed E-state index contributed by atoms with van der Waals surface area (Å²) in [7, 11) is 3.08. The maximum atomic E-state index is 14.7. The number of carbonyl (C=O) groups is 1. The number of aliphatic hydroxyl groups excluding tert-OH is 1. The summed E-state index contributed by atoms with van der Waals surface area (Å²) >= 11 is 0. The number of nitrogens with one attached hydrogen (secondary N) is 1. The van der Waals surface area contributed by atoms with E-state index < -0.39 is 17.6 Å². The molecule has 14 nitrogen and oxygen atoms in total. The van der Waals surface area contributed by atoms with Gasteiger partial charge in [0.2, 0.25) is 5.90 Å². The van der Waals surface area contributed by atoms with Gasteiger partial charge in [-0.25, -0.2) is 4.99 Å². The van der Waals surface area contributed by atoms with E-state index in [1.54, 1.807) is 105 Å². The molecule has 0 bridgehead atoms. The SMILES string of the molecule is COc1cc(CNC(=O)[C@]2(Cc3ccccc3N=[N+]=[N-])N=C(c3ccc(OCCCO)cc3)O[C@@H]2c2ccccc2N=[N+]=[N-])cc(OC)c1. The number of benzene rings is 4. The Bertz CT molecular complexity index is 1900. The summed E-state index contributed by atoms with van der Waals surface area (Å²) in [6.45, 7) is 0.444. The molecule has 0 saturated carbocycles. The first-order chi connectivity index (χ1) is 23.9. The molecule has 0 aliphatic carbocycles. The molecule has 2 atom stereocenters. The topological polar surface area (TPSA) is 196 Å². The summed E-state index contributed by atoms with van der Waals surface area (Å²) in [5.41, 5.74) is 19.9. The highest BCUT2D eigenvalue weighted by Crippen LogP contribution is 2.46. The van der Waals surface area contributed by atoms with Gasteiger partial charge in [-0.15, -0.1) is 0 Å². The van der Waals surface area contributed by atoms with Crippen molar-refractivity contribution < 1.29 is 28.8 Å². The Hall–Kier alpha value is -6.20. The zero-order chi connectivity index (χ0) is 34.6. The van der Waals surface area contributed by atoms with Crippen LogP contribution in [0.2, 0.25) is 0 Å². The van der Waals surface area contributed by atoms with E-state index in [1.807, 2.05) is 0 Å².